The molecule has 0 bridgehead atoms. The fourth-order valence-electron chi connectivity index (χ4n) is 4.63. The molecular formula is C30H39NO6. The summed E-state index contributed by atoms with van der Waals surface area (Å²) in [7, 11) is 0. The average Bonchev–Trinajstić information content (AvgIpc) is 3.34. The van der Waals surface area contributed by atoms with E-state index < -0.39 is 5.97 Å². The van der Waals surface area contributed by atoms with E-state index in [1.54, 1.807) is 0 Å². The van der Waals surface area contributed by atoms with Crippen LogP contribution >= 0.6 is 0 Å². The number of hydrogen-bond acceptors (Lipinski definition) is 6. The molecule has 7 heteroatoms. The zero-order chi connectivity index (χ0) is 27.2. The summed E-state index contributed by atoms with van der Waals surface area (Å²) in [5.41, 5.74) is 4.61. The third-order valence-electron chi connectivity index (χ3n) is 7.02. The lowest BCUT2D eigenvalue weighted by molar-refractivity contribution is -0.137. The number of benzene rings is 2. The number of hydrogen-bond donors (Lipinski definition) is 2. The lowest BCUT2D eigenvalue weighted by Gasteiger charge is -2.27. The van der Waals surface area contributed by atoms with E-state index in [1.165, 1.54) is 11.3 Å². The minimum absolute atomic E-state index is 0.0521. The van der Waals surface area contributed by atoms with Crippen LogP contribution in [0.4, 0.5) is 5.69 Å². The highest BCUT2D eigenvalue weighted by atomic mass is 16.7. The number of carbonyl (C=O) groups excluding carboxylic acids is 2. The third kappa shape index (κ3) is 6.70. The van der Waals surface area contributed by atoms with Gasteiger partial charge in [0, 0.05) is 24.6 Å². The molecule has 1 aliphatic carbocycles. The molecular weight excluding hydrogens is 470 g/mol. The molecule has 0 radical (unpaired) electrons. The molecule has 0 saturated heterocycles. The molecule has 1 unspecified atom stereocenters. The fraction of sp³-hybridized carbons (Fsp3) is 0.500. The SMILES string of the molecule is CC.CC(C)(C)C1Cc2cc(CC(=O)C3(c4ccc5c(c4)OCO5)CC3)ccc2N1.O=CCCC(=O)O. The van der Waals surface area contributed by atoms with Crippen molar-refractivity contribution in [1.29, 1.82) is 0 Å². The second-order valence-electron chi connectivity index (χ2n) is 10.6. The number of rotatable bonds is 7. The molecule has 1 saturated carbocycles. The van der Waals surface area contributed by atoms with Crippen molar-refractivity contribution in [3.63, 3.8) is 0 Å². The predicted molar refractivity (Wildman–Crippen MR) is 143 cm³/mol. The highest BCUT2D eigenvalue weighted by molar-refractivity contribution is 5.95. The number of nitrogens with one attached hydrogen (secondary N) is 1. The summed E-state index contributed by atoms with van der Waals surface area (Å²) >= 11 is 0. The van der Waals surface area contributed by atoms with Crippen LogP contribution in [0, 0.1) is 5.41 Å². The Balaban J connectivity index is 0.000000369. The van der Waals surface area contributed by atoms with Crippen LogP contribution in [0.5, 0.6) is 11.5 Å². The normalized spacial score (nSPS) is 17.7. The molecule has 1 atom stereocenters. The Kier molecular flexibility index (Phi) is 9.00. The number of carboxylic acids is 1. The molecule has 200 valence electrons. The Morgan fingerprint density at radius 3 is 2.38 bits per heavy atom. The van der Waals surface area contributed by atoms with E-state index in [4.69, 9.17) is 14.6 Å². The Labute approximate surface area is 219 Å². The van der Waals surface area contributed by atoms with Crippen LogP contribution in [0.3, 0.4) is 0 Å². The van der Waals surface area contributed by atoms with E-state index in [2.05, 4.69) is 44.3 Å². The first-order valence-corrected chi connectivity index (χ1v) is 13.1. The first-order chi connectivity index (χ1) is 17.6. The van der Waals surface area contributed by atoms with E-state index in [0.29, 0.717) is 24.5 Å². The Morgan fingerprint density at radius 2 is 1.78 bits per heavy atom. The van der Waals surface area contributed by atoms with Crippen molar-refractivity contribution in [3.8, 4) is 11.5 Å². The number of anilines is 1. The summed E-state index contributed by atoms with van der Waals surface area (Å²) in [4.78, 5) is 32.3. The minimum atomic E-state index is -0.924. The van der Waals surface area contributed by atoms with E-state index >= 15 is 0 Å². The smallest absolute Gasteiger partial charge is 0.303 e. The molecule has 7 nitrogen and oxygen atoms in total. The Hall–Kier alpha value is -3.35. The first-order valence-electron chi connectivity index (χ1n) is 13.1. The van der Waals surface area contributed by atoms with Gasteiger partial charge in [0.1, 0.15) is 12.1 Å². The summed E-state index contributed by atoms with van der Waals surface area (Å²) in [5.74, 6) is 0.914. The van der Waals surface area contributed by atoms with Crippen molar-refractivity contribution < 1.29 is 29.0 Å². The monoisotopic (exact) mass is 509 g/mol. The number of ketones is 1. The van der Waals surface area contributed by atoms with Gasteiger partial charge in [0.05, 0.1) is 11.8 Å². The summed E-state index contributed by atoms with van der Waals surface area (Å²) in [6, 6.07) is 12.9. The van der Waals surface area contributed by atoms with Crippen LogP contribution in [-0.2, 0) is 32.6 Å². The molecule has 0 spiro atoms. The van der Waals surface area contributed by atoms with Crippen LogP contribution in [0.2, 0.25) is 0 Å². The number of carbonyl (C=O) groups is 3. The van der Waals surface area contributed by atoms with E-state index in [9.17, 15) is 14.4 Å². The molecule has 2 aromatic rings. The lowest BCUT2D eigenvalue weighted by atomic mass is 9.85. The van der Waals surface area contributed by atoms with Crippen molar-refractivity contribution in [2.24, 2.45) is 5.41 Å². The number of Topliss-reactive ketones (excluding diaryl/α,β-unsaturated/α-hetero) is 1. The Bertz CT molecular complexity index is 1130. The van der Waals surface area contributed by atoms with Crippen molar-refractivity contribution in [3.05, 3.63) is 53.1 Å². The van der Waals surface area contributed by atoms with Gasteiger partial charge < -0.3 is 24.7 Å². The minimum Gasteiger partial charge on any atom is -0.481 e. The fourth-order valence-corrected chi connectivity index (χ4v) is 4.63. The number of aldehydes is 1. The van der Waals surface area contributed by atoms with Crippen LogP contribution in [-0.4, -0.2) is 36.0 Å². The molecule has 2 N–H and O–H groups in total. The van der Waals surface area contributed by atoms with Gasteiger partial charge in [-0.2, -0.15) is 0 Å². The van der Waals surface area contributed by atoms with Crippen LogP contribution in [0.1, 0.15) is 77.0 Å². The molecule has 1 fully saturated rings. The van der Waals surface area contributed by atoms with Crippen molar-refractivity contribution in [1.82, 2.24) is 0 Å². The number of carboxylic acid groups (broad SMARTS) is 1. The zero-order valence-electron chi connectivity index (χ0n) is 22.6. The van der Waals surface area contributed by atoms with Crippen LogP contribution in [0.25, 0.3) is 0 Å². The first kappa shape index (κ1) is 28.2. The number of aliphatic carboxylic acids is 1. The van der Waals surface area contributed by atoms with Gasteiger partial charge in [-0.3, -0.25) is 9.59 Å². The molecule has 5 rings (SSSR count). The summed E-state index contributed by atoms with van der Waals surface area (Å²) in [6.07, 6.45) is 4.01. The standard InChI is InChI=1S/C24H27NO3.C4H6O3.C2H6/c1-23(2,3)21-12-16-10-15(4-6-18(16)25-21)11-22(26)24(8-9-24)17-5-7-19-20(13-17)28-14-27-19;5-3-1-2-4(6)7;1-2/h4-7,10,13,21,25H,8-9,11-12,14H2,1-3H3;3H,1-2H2,(H,6,7);1-2H3. The topological polar surface area (TPSA) is 102 Å². The second-order valence-corrected chi connectivity index (χ2v) is 10.6. The van der Waals surface area contributed by atoms with Gasteiger partial charge in [-0.25, -0.2) is 0 Å². The van der Waals surface area contributed by atoms with Gasteiger partial charge in [-0.1, -0.05) is 52.8 Å². The van der Waals surface area contributed by atoms with Crippen LogP contribution < -0.4 is 14.8 Å². The largest absolute Gasteiger partial charge is 0.481 e. The van der Waals surface area contributed by atoms with Gasteiger partial charge in [-0.05, 0) is 59.6 Å². The van der Waals surface area contributed by atoms with Crippen molar-refractivity contribution in [2.45, 2.75) is 84.6 Å². The lowest BCUT2D eigenvalue weighted by Crippen LogP contribution is -2.31. The average molecular weight is 510 g/mol. The highest BCUT2D eigenvalue weighted by Crippen LogP contribution is 2.51. The quantitative estimate of drug-likeness (QED) is 0.460. The molecule has 2 aliphatic heterocycles. The van der Waals surface area contributed by atoms with E-state index in [-0.39, 0.29) is 30.5 Å². The summed E-state index contributed by atoms with van der Waals surface area (Å²) in [6.45, 7) is 11.1. The van der Waals surface area contributed by atoms with Gasteiger partial charge in [0.25, 0.3) is 0 Å². The highest BCUT2D eigenvalue weighted by Gasteiger charge is 2.50. The van der Waals surface area contributed by atoms with Gasteiger partial charge in [-0.15, -0.1) is 0 Å². The predicted octanol–water partition coefficient (Wildman–Crippen LogP) is 5.72. The summed E-state index contributed by atoms with van der Waals surface area (Å²) in [5, 5.41) is 11.5. The van der Waals surface area contributed by atoms with Crippen molar-refractivity contribution in [2.75, 3.05) is 12.1 Å². The van der Waals surface area contributed by atoms with Gasteiger partial charge in [0.2, 0.25) is 6.79 Å². The molecule has 0 aromatic heterocycles. The maximum atomic E-state index is 13.2. The van der Waals surface area contributed by atoms with Crippen LogP contribution in [0.15, 0.2) is 36.4 Å². The number of fused-ring (bicyclic) bond motifs is 2. The third-order valence-corrected chi connectivity index (χ3v) is 7.02. The maximum absolute atomic E-state index is 13.2. The molecule has 37 heavy (non-hydrogen) atoms. The van der Waals surface area contributed by atoms with Gasteiger partial charge in [0.15, 0.2) is 11.5 Å². The molecule has 0 amide bonds. The molecule has 3 aliphatic rings. The van der Waals surface area contributed by atoms with Crippen molar-refractivity contribution >= 4 is 23.7 Å². The van der Waals surface area contributed by atoms with E-state index in [0.717, 1.165) is 41.9 Å². The second kappa shape index (κ2) is 11.8. The van der Waals surface area contributed by atoms with E-state index in [1.807, 2.05) is 32.0 Å². The maximum Gasteiger partial charge on any atom is 0.303 e. The summed E-state index contributed by atoms with van der Waals surface area (Å²) < 4.78 is 10.9. The molecule has 2 heterocycles. The zero-order valence-corrected chi connectivity index (χ0v) is 22.6. The van der Waals surface area contributed by atoms with Gasteiger partial charge >= 0.3 is 5.97 Å². The molecule has 2 aromatic carbocycles. The Morgan fingerprint density at radius 1 is 1.08 bits per heavy atom. The number of ether oxygens (including phenoxy) is 2.